The van der Waals surface area contributed by atoms with Gasteiger partial charge in [-0.15, -0.1) is 0 Å². The van der Waals surface area contributed by atoms with Gasteiger partial charge in [-0.2, -0.15) is 0 Å². The predicted molar refractivity (Wildman–Crippen MR) is 65.1 cm³/mol. The number of nitro groups is 1. The fourth-order valence-corrected chi connectivity index (χ4v) is 1.42. The Hall–Kier alpha value is -2.22. The van der Waals surface area contributed by atoms with Crippen molar-refractivity contribution in [2.24, 2.45) is 0 Å². The van der Waals surface area contributed by atoms with Gasteiger partial charge in [-0.25, -0.2) is 9.78 Å². The van der Waals surface area contributed by atoms with Crippen LogP contribution in [0, 0.1) is 10.1 Å². The number of pyridine rings is 1. The molecule has 19 heavy (non-hydrogen) atoms. The van der Waals surface area contributed by atoms with Gasteiger partial charge in [-0.05, 0) is 19.9 Å². The Morgan fingerprint density at radius 3 is 2.58 bits per heavy atom. The number of nitrogens with one attached hydrogen (secondary N) is 1. The lowest BCUT2D eigenvalue weighted by Gasteiger charge is -2.20. The number of amides is 1. The lowest BCUT2D eigenvalue weighted by molar-refractivity contribution is -0.385. The highest BCUT2D eigenvalue weighted by Gasteiger charge is 2.32. The van der Waals surface area contributed by atoms with Gasteiger partial charge in [-0.3, -0.25) is 14.9 Å². The molecule has 9 heteroatoms. The lowest BCUT2D eigenvalue weighted by Crippen LogP contribution is -2.49. The highest BCUT2D eigenvalue weighted by molar-refractivity contribution is 6.32. The Morgan fingerprint density at radius 1 is 1.53 bits per heavy atom. The van der Waals surface area contributed by atoms with Gasteiger partial charge in [-0.1, -0.05) is 11.6 Å². The molecule has 0 aliphatic heterocycles. The summed E-state index contributed by atoms with van der Waals surface area (Å²) in [6.07, 6.45) is 1.12. The normalized spacial score (nSPS) is 10.9. The first-order valence-corrected chi connectivity index (χ1v) is 5.39. The van der Waals surface area contributed by atoms with Crippen LogP contribution in [0.5, 0.6) is 0 Å². The van der Waals surface area contributed by atoms with Crippen molar-refractivity contribution in [2.45, 2.75) is 19.4 Å². The zero-order valence-electron chi connectivity index (χ0n) is 10.0. The first-order valence-electron chi connectivity index (χ1n) is 5.01. The summed E-state index contributed by atoms with van der Waals surface area (Å²) in [6, 6.07) is 1.09. The van der Waals surface area contributed by atoms with E-state index in [0.29, 0.717) is 0 Å². The highest BCUT2D eigenvalue weighted by Crippen LogP contribution is 2.26. The van der Waals surface area contributed by atoms with Crippen LogP contribution in [0.25, 0.3) is 0 Å². The van der Waals surface area contributed by atoms with Crippen molar-refractivity contribution in [3.63, 3.8) is 0 Å². The Labute approximate surface area is 112 Å². The van der Waals surface area contributed by atoms with Crippen LogP contribution in [-0.2, 0) is 4.79 Å². The monoisotopic (exact) mass is 287 g/mol. The fourth-order valence-electron chi connectivity index (χ4n) is 1.19. The first kappa shape index (κ1) is 14.8. The lowest BCUT2D eigenvalue weighted by atomic mass is 10.1. The minimum Gasteiger partial charge on any atom is -0.480 e. The summed E-state index contributed by atoms with van der Waals surface area (Å²) in [7, 11) is 0. The van der Waals surface area contributed by atoms with Crippen LogP contribution in [0.2, 0.25) is 5.15 Å². The summed E-state index contributed by atoms with van der Waals surface area (Å²) in [6.45, 7) is 2.50. The molecule has 0 aliphatic carbocycles. The molecule has 0 unspecified atom stereocenters. The Balaban J connectivity index is 3.18. The number of carboxylic acid groups (broad SMARTS) is 1. The smallest absolute Gasteiger partial charge is 0.328 e. The third-order valence-electron chi connectivity index (χ3n) is 2.27. The minimum atomic E-state index is -1.57. The Morgan fingerprint density at radius 2 is 2.11 bits per heavy atom. The van der Waals surface area contributed by atoms with Crippen molar-refractivity contribution in [3.05, 3.63) is 33.1 Å². The van der Waals surface area contributed by atoms with E-state index in [2.05, 4.69) is 10.3 Å². The molecule has 1 heterocycles. The largest absolute Gasteiger partial charge is 0.480 e. The first-order chi connectivity index (χ1) is 8.66. The summed E-state index contributed by atoms with van der Waals surface area (Å²) < 4.78 is 0. The molecule has 1 aromatic heterocycles. The minimum absolute atomic E-state index is 0.348. The van der Waals surface area contributed by atoms with E-state index in [-0.39, 0.29) is 5.56 Å². The van der Waals surface area contributed by atoms with Gasteiger partial charge >= 0.3 is 11.7 Å². The van der Waals surface area contributed by atoms with E-state index >= 15 is 0 Å². The third kappa shape index (κ3) is 3.16. The van der Waals surface area contributed by atoms with Gasteiger partial charge in [0.1, 0.15) is 11.1 Å². The van der Waals surface area contributed by atoms with Gasteiger partial charge in [0.15, 0.2) is 0 Å². The van der Waals surface area contributed by atoms with Crippen LogP contribution < -0.4 is 5.32 Å². The molecule has 0 saturated carbocycles. The number of hydrogen-bond acceptors (Lipinski definition) is 5. The Bertz CT molecular complexity index is 558. The second-order valence-corrected chi connectivity index (χ2v) is 4.50. The van der Waals surface area contributed by atoms with Crippen LogP contribution in [0.3, 0.4) is 0 Å². The van der Waals surface area contributed by atoms with Crippen LogP contribution in [0.15, 0.2) is 12.3 Å². The van der Waals surface area contributed by atoms with Gasteiger partial charge in [0.25, 0.3) is 5.91 Å². The molecule has 0 fully saturated rings. The molecular weight excluding hydrogens is 278 g/mol. The number of rotatable bonds is 4. The summed E-state index contributed by atoms with van der Waals surface area (Å²) in [5, 5.41) is 21.4. The molecule has 0 radical (unpaired) electrons. The van der Waals surface area contributed by atoms with E-state index in [1.807, 2.05) is 0 Å². The van der Waals surface area contributed by atoms with Gasteiger partial charge in [0.05, 0.1) is 4.92 Å². The zero-order valence-corrected chi connectivity index (χ0v) is 10.8. The summed E-state index contributed by atoms with van der Waals surface area (Å²) in [5.74, 6) is -2.19. The van der Waals surface area contributed by atoms with E-state index in [1.54, 1.807) is 0 Å². The SMILES string of the molecule is CC(C)(NC(=O)c1ccnc(Cl)c1[N+](=O)[O-])C(=O)O. The maximum absolute atomic E-state index is 11.9. The van der Waals surface area contributed by atoms with Crippen molar-refractivity contribution in [1.29, 1.82) is 0 Å². The molecule has 1 rings (SSSR count). The standard InChI is InChI=1S/C10H10ClN3O5/c1-10(2,9(16)17)13-8(15)5-3-4-12-7(11)6(5)14(18)19/h3-4H,1-2H3,(H,13,15)(H,16,17). The van der Waals surface area contributed by atoms with Gasteiger partial charge in [0.2, 0.25) is 5.15 Å². The number of carboxylic acids is 1. The topological polar surface area (TPSA) is 122 Å². The summed E-state index contributed by atoms with van der Waals surface area (Å²) in [5.41, 5.74) is -2.58. The number of carbonyl (C=O) groups excluding carboxylic acids is 1. The molecule has 0 spiro atoms. The quantitative estimate of drug-likeness (QED) is 0.488. The van der Waals surface area contributed by atoms with E-state index < -0.39 is 33.2 Å². The Kier molecular flexibility index (Phi) is 4.05. The van der Waals surface area contributed by atoms with Crippen molar-refractivity contribution >= 4 is 29.2 Å². The third-order valence-corrected chi connectivity index (χ3v) is 2.54. The average molecular weight is 288 g/mol. The molecule has 2 N–H and O–H groups in total. The molecule has 0 aliphatic rings. The fraction of sp³-hybridized carbons (Fsp3) is 0.300. The van der Waals surface area contributed by atoms with E-state index in [1.165, 1.54) is 13.8 Å². The molecule has 0 saturated heterocycles. The number of aliphatic carboxylic acids is 1. The zero-order chi connectivity index (χ0) is 14.8. The number of carbonyl (C=O) groups is 2. The second-order valence-electron chi connectivity index (χ2n) is 4.14. The number of aromatic nitrogens is 1. The number of halogens is 1. The van der Waals surface area contributed by atoms with Crippen LogP contribution >= 0.6 is 11.6 Å². The second kappa shape index (κ2) is 5.19. The molecule has 102 valence electrons. The van der Waals surface area contributed by atoms with Crippen LogP contribution in [0.1, 0.15) is 24.2 Å². The van der Waals surface area contributed by atoms with Crippen molar-refractivity contribution in [1.82, 2.24) is 10.3 Å². The van der Waals surface area contributed by atoms with Gasteiger partial charge in [0, 0.05) is 6.20 Å². The van der Waals surface area contributed by atoms with Crippen molar-refractivity contribution < 1.29 is 19.6 Å². The predicted octanol–water partition coefficient (Wildman–Crippen LogP) is 1.24. The maximum atomic E-state index is 11.9. The molecular formula is C10H10ClN3O5. The molecule has 0 aromatic carbocycles. The van der Waals surface area contributed by atoms with Crippen LogP contribution in [0.4, 0.5) is 5.69 Å². The molecule has 1 aromatic rings. The van der Waals surface area contributed by atoms with Crippen LogP contribution in [-0.4, -0.2) is 32.4 Å². The number of nitrogens with zero attached hydrogens (tertiary/aromatic N) is 2. The van der Waals surface area contributed by atoms with E-state index in [0.717, 1.165) is 12.3 Å². The summed E-state index contributed by atoms with van der Waals surface area (Å²) >= 11 is 5.55. The number of hydrogen-bond donors (Lipinski definition) is 2. The average Bonchev–Trinajstić information content (AvgIpc) is 2.27. The highest BCUT2D eigenvalue weighted by atomic mass is 35.5. The maximum Gasteiger partial charge on any atom is 0.328 e. The molecule has 0 bridgehead atoms. The van der Waals surface area contributed by atoms with Gasteiger partial charge < -0.3 is 10.4 Å². The molecule has 8 nitrogen and oxygen atoms in total. The molecule has 0 atom stereocenters. The van der Waals surface area contributed by atoms with E-state index in [9.17, 15) is 19.7 Å². The van der Waals surface area contributed by atoms with E-state index in [4.69, 9.17) is 16.7 Å². The summed E-state index contributed by atoms with van der Waals surface area (Å²) in [4.78, 5) is 36.2. The molecule has 1 amide bonds. The van der Waals surface area contributed by atoms with Crippen molar-refractivity contribution in [3.8, 4) is 0 Å². The van der Waals surface area contributed by atoms with Crippen molar-refractivity contribution in [2.75, 3.05) is 0 Å².